The molecule has 2 N–H and O–H groups in total. The molecule has 1 unspecified atom stereocenters. The zero-order valence-corrected chi connectivity index (χ0v) is 9.25. The first-order valence-electron chi connectivity index (χ1n) is 5.24. The van der Waals surface area contributed by atoms with Crippen molar-refractivity contribution in [1.29, 1.82) is 0 Å². The van der Waals surface area contributed by atoms with Gasteiger partial charge in [0.1, 0.15) is 11.5 Å². The average Bonchev–Trinajstić information content (AvgIpc) is 2.26. The van der Waals surface area contributed by atoms with Gasteiger partial charge in [-0.15, -0.1) is 0 Å². The maximum atomic E-state index is 5.95. The maximum Gasteiger partial charge on any atom is 0.126 e. The molecule has 0 radical (unpaired) electrons. The van der Waals surface area contributed by atoms with Crippen molar-refractivity contribution in [1.82, 2.24) is 0 Å². The predicted molar refractivity (Wildman–Crippen MR) is 59.5 cm³/mol. The highest BCUT2D eigenvalue weighted by Gasteiger charge is 2.19. The van der Waals surface area contributed by atoms with Gasteiger partial charge in [-0.3, -0.25) is 0 Å². The Hall–Kier alpha value is -1.22. The number of benzene rings is 1. The summed E-state index contributed by atoms with van der Waals surface area (Å²) in [6, 6.07) is 4.28. The molecule has 0 aromatic heterocycles. The Morgan fingerprint density at radius 2 is 2.07 bits per heavy atom. The molecule has 0 aliphatic heterocycles. The van der Waals surface area contributed by atoms with Gasteiger partial charge in [0.15, 0.2) is 0 Å². The number of fused-ring (bicyclic) bond motifs is 1. The van der Waals surface area contributed by atoms with Crippen molar-refractivity contribution in [3.05, 3.63) is 23.3 Å². The van der Waals surface area contributed by atoms with Crippen LogP contribution in [0.15, 0.2) is 12.1 Å². The van der Waals surface area contributed by atoms with Crippen LogP contribution in [-0.2, 0) is 12.8 Å². The molecule has 1 aliphatic carbocycles. The SMILES string of the molecule is COc1cc2c(c(OC)c1)CCC(N)C2. The number of hydrogen-bond donors (Lipinski definition) is 1. The number of hydrogen-bond acceptors (Lipinski definition) is 3. The topological polar surface area (TPSA) is 44.5 Å². The van der Waals surface area contributed by atoms with Gasteiger partial charge < -0.3 is 15.2 Å². The van der Waals surface area contributed by atoms with Crippen molar-refractivity contribution in [2.75, 3.05) is 14.2 Å². The predicted octanol–water partition coefficient (Wildman–Crippen LogP) is 1.52. The van der Waals surface area contributed by atoms with Crippen LogP contribution in [0.3, 0.4) is 0 Å². The van der Waals surface area contributed by atoms with Crippen molar-refractivity contribution in [2.24, 2.45) is 5.73 Å². The molecule has 0 spiro atoms. The van der Waals surface area contributed by atoms with Crippen LogP contribution in [0.5, 0.6) is 11.5 Å². The largest absolute Gasteiger partial charge is 0.497 e. The summed E-state index contributed by atoms with van der Waals surface area (Å²) in [5.41, 5.74) is 8.51. The molecule has 0 saturated heterocycles. The van der Waals surface area contributed by atoms with Crippen LogP contribution in [0.1, 0.15) is 17.5 Å². The first-order valence-corrected chi connectivity index (χ1v) is 5.24. The summed E-state index contributed by atoms with van der Waals surface area (Å²) in [7, 11) is 3.37. The third-order valence-corrected chi connectivity index (χ3v) is 2.98. The van der Waals surface area contributed by atoms with E-state index < -0.39 is 0 Å². The van der Waals surface area contributed by atoms with Gasteiger partial charge in [-0.1, -0.05) is 0 Å². The van der Waals surface area contributed by atoms with E-state index in [4.69, 9.17) is 15.2 Å². The number of ether oxygens (including phenoxy) is 2. The van der Waals surface area contributed by atoms with Crippen molar-refractivity contribution in [3.63, 3.8) is 0 Å². The molecular weight excluding hydrogens is 190 g/mol. The van der Waals surface area contributed by atoms with Crippen molar-refractivity contribution in [2.45, 2.75) is 25.3 Å². The van der Waals surface area contributed by atoms with Crippen LogP contribution in [0.25, 0.3) is 0 Å². The Bertz CT molecular complexity index is 363. The number of nitrogens with two attached hydrogens (primary N) is 1. The van der Waals surface area contributed by atoms with Gasteiger partial charge in [-0.05, 0) is 36.5 Å². The summed E-state index contributed by atoms with van der Waals surface area (Å²) in [5.74, 6) is 1.77. The van der Waals surface area contributed by atoms with Crippen LogP contribution < -0.4 is 15.2 Å². The zero-order valence-electron chi connectivity index (χ0n) is 9.25. The summed E-state index contributed by atoms with van der Waals surface area (Å²) >= 11 is 0. The molecule has 15 heavy (non-hydrogen) atoms. The third kappa shape index (κ3) is 1.92. The van der Waals surface area contributed by atoms with Gasteiger partial charge in [-0.2, -0.15) is 0 Å². The molecule has 0 heterocycles. The lowest BCUT2D eigenvalue weighted by molar-refractivity contribution is 0.386. The lowest BCUT2D eigenvalue weighted by Crippen LogP contribution is -2.28. The van der Waals surface area contributed by atoms with Gasteiger partial charge >= 0.3 is 0 Å². The molecule has 2 rings (SSSR count). The molecule has 0 amide bonds. The molecule has 82 valence electrons. The average molecular weight is 207 g/mol. The van der Waals surface area contributed by atoms with E-state index >= 15 is 0 Å². The van der Waals surface area contributed by atoms with Gasteiger partial charge in [0, 0.05) is 12.1 Å². The van der Waals surface area contributed by atoms with E-state index in [9.17, 15) is 0 Å². The van der Waals surface area contributed by atoms with E-state index in [2.05, 4.69) is 6.07 Å². The maximum absolute atomic E-state index is 5.95. The molecule has 3 heteroatoms. The fourth-order valence-electron chi connectivity index (χ4n) is 2.16. The Kier molecular flexibility index (Phi) is 2.82. The second-order valence-electron chi connectivity index (χ2n) is 3.97. The fourth-order valence-corrected chi connectivity index (χ4v) is 2.16. The zero-order chi connectivity index (χ0) is 10.8. The molecule has 0 fully saturated rings. The number of rotatable bonds is 2. The highest BCUT2D eigenvalue weighted by Crippen LogP contribution is 2.33. The van der Waals surface area contributed by atoms with Gasteiger partial charge in [0.05, 0.1) is 14.2 Å². The van der Waals surface area contributed by atoms with E-state index in [1.165, 1.54) is 11.1 Å². The fraction of sp³-hybridized carbons (Fsp3) is 0.500. The monoisotopic (exact) mass is 207 g/mol. The quantitative estimate of drug-likeness (QED) is 0.799. The lowest BCUT2D eigenvalue weighted by Gasteiger charge is -2.23. The standard InChI is InChI=1S/C12H17NO2/c1-14-10-6-8-5-9(13)3-4-11(8)12(7-10)15-2/h6-7,9H,3-5,13H2,1-2H3. The lowest BCUT2D eigenvalue weighted by atomic mass is 9.88. The number of methoxy groups -OCH3 is 2. The van der Waals surface area contributed by atoms with E-state index in [0.29, 0.717) is 0 Å². The molecule has 0 bridgehead atoms. The third-order valence-electron chi connectivity index (χ3n) is 2.98. The van der Waals surface area contributed by atoms with E-state index in [1.54, 1.807) is 14.2 Å². The summed E-state index contributed by atoms with van der Waals surface area (Å²) in [6.45, 7) is 0. The van der Waals surface area contributed by atoms with Crippen LogP contribution in [-0.4, -0.2) is 20.3 Å². The van der Waals surface area contributed by atoms with Crippen LogP contribution in [0, 0.1) is 0 Å². The van der Waals surface area contributed by atoms with Gasteiger partial charge in [0.25, 0.3) is 0 Å². The van der Waals surface area contributed by atoms with Gasteiger partial charge in [-0.25, -0.2) is 0 Å². The molecule has 0 saturated carbocycles. The van der Waals surface area contributed by atoms with Crippen LogP contribution in [0.4, 0.5) is 0 Å². The summed E-state index contributed by atoms with van der Waals surface area (Å²) in [6.07, 6.45) is 2.96. The molecule has 1 aromatic carbocycles. The van der Waals surface area contributed by atoms with E-state index in [1.807, 2.05) is 6.07 Å². The minimum atomic E-state index is 0.273. The van der Waals surface area contributed by atoms with E-state index in [-0.39, 0.29) is 6.04 Å². The highest BCUT2D eigenvalue weighted by molar-refractivity contribution is 5.48. The molecule has 1 atom stereocenters. The second-order valence-corrected chi connectivity index (χ2v) is 3.97. The van der Waals surface area contributed by atoms with Crippen LogP contribution in [0.2, 0.25) is 0 Å². The first-order chi connectivity index (χ1) is 7.24. The van der Waals surface area contributed by atoms with Crippen molar-refractivity contribution >= 4 is 0 Å². The minimum absolute atomic E-state index is 0.273. The molecular formula is C12H17NO2. The second kappa shape index (κ2) is 4.11. The molecule has 3 nitrogen and oxygen atoms in total. The Morgan fingerprint density at radius 3 is 2.73 bits per heavy atom. The molecule has 1 aliphatic rings. The Labute approximate surface area is 90.2 Å². The summed E-state index contributed by atoms with van der Waals surface area (Å²) in [4.78, 5) is 0. The molecule has 1 aromatic rings. The smallest absolute Gasteiger partial charge is 0.126 e. The first kappa shape index (κ1) is 10.3. The Morgan fingerprint density at radius 1 is 1.27 bits per heavy atom. The Balaban J connectivity index is 2.44. The summed E-state index contributed by atoms with van der Waals surface area (Å²) < 4.78 is 10.6. The van der Waals surface area contributed by atoms with Crippen molar-refractivity contribution < 1.29 is 9.47 Å². The van der Waals surface area contributed by atoms with E-state index in [0.717, 1.165) is 30.8 Å². The summed E-state index contributed by atoms with van der Waals surface area (Å²) in [5, 5.41) is 0. The van der Waals surface area contributed by atoms with Gasteiger partial charge in [0.2, 0.25) is 0 Å². The normalized spacial score (nSPS) is 19.5. The van der Waals surface area contributed by atoms with Crippen molar-refractivity contribution in [3.8, 4) is 11.5 Å². The highest BCUT2D eigenvalue weighted by atomic mass is 16.5. The minimum Gasteiger partial charge on any atom is -0.497 e. The van der Waals surface area contributed by atoms with Crippen LogP contribution >= 0.6 is 0 Å².